The molecule has 0 saturated carbocycles. The minimum absolute atomic E-state index is 0.115. The van der Waals surface area contributed by atoms with E-state index in [1.807, 2.05) is 24.3 Å². The summed E-state index contributed by atoms with van der Waals surface area (Å²) in [5.41, 5.74) is 2.55. The maximum Gasteiger partial charge on any atom is 0.244 e. The third-order valence-corrected chi connectivity index (χ3v) is 7.77. The fourth-order valence-corrected chi connectivity index (χ4v) is 5.44. The number of sulfonamides is 1. The number of carbonyl (C=O) groups is 1. The molecule has 1 atom stereocenters. The van der Waals surface area contributed by atoms with Crippen LogP contribution in [-0.4, -0.2) is 35.4 Å². The summed E-state index contributed by atoms with van der Waals surface area (Å²) in [7, 11) is -3.62. The largest absolute Gasteiger partial charge is 0.301 e. The van der Waals surface area contributed by atoms with Crippen molar-refractivity contribution in [1.82, 2.24) is 9.29 Å². The van der Waals surface area contributed by atoms with Crippen LogP contribution in [0.15, 0.2) is 47.8 Å². The van der Waals surface area contributed by atoms with Crippen LogP contribution in [-0.2, 0) is 27.8 Å². The van der Waals surface area contributed by atoms with Crippen LogP contribution in [0.3, 0.4) is 0 Å². The van der Waals surface area contributed by atoms with Gasteiger partial charge in [0.2, 0.25) is 15.9 Å². The maximum atomic E-state index is 13.5. The van der Waals surface area contributed by atoms with Crippen LogP contribution in [0.1, 0.15) is 18.1 Å². The number of halogens is 2. The van der Waals surface area contributed by atoms with E-state index in [2.05, 4.69) is 10.3 Å². The molecule has 0 aliphatic carbocycles. The molecule has 1 aliphatic rings. The molecular formula is C21H19F2N3O3S2. The molecule has 10 heteroatoms. The van der Waals surface area contributed by atoms with Gasteiger partial charge in [0.15, 0.2) is 16.8 Å². The Hall–Kier alpha value is -2.69. The molecular weight excluding hydrogens is 444 g/mol. The molecule has 3 aromatic rings. The van der Waals surface area contributed by atoms with E-state index in [1.54, 1.807) is 12.3 Å². The first kappa shape index (κ1) is 21.5. The summed E-state index contributed by atoms with van der Waals surface area (Å²) in [5, 5.41) is 4.54. The fraction of sp³-hybridized carbons (Fsp3) is 0.238. The zero-order valence-electron chi connectivity index (χ0n) is 16.5. The average molecular weight is 464 g/mol. The van der Waals surface area contributed by atoms with E-state index < -0.39 is 33.6 Å². The molecule has 0 saturated heterocycles. The number of benzene rings is 2. The van der Waals surface area contributed by atoms with E-state index in [1.165, 1.54) is 10.4 Å². The predicted octanol–water partition coefficient (Wildman–Crippen LogP) is 3.80. The summed E-state index contributed by atoms with van der Waals surface area (Å²) in [5.74, 6) is -2.55. The van der Waals surface area contributed by atoms with Gasteiger partial charge in [-0.3, -0.25) is 4.79 Å². The van der Waals surface area contributed by atoms with Crippen LogP contribution in [0.25, 0.3) is 11.3 Å². The van der Waals surface area contributed by atoms with Crippen molar-refractivity contribution in [2.75, 3.05) is 11.1 Å². The third kappa shape index (κ3) is 4.36. The van der Waals surface area contributed by atoms with Gasteiger partial charge < -0.3 is 5.32 Å². The smallest absolute Gasteiger partial charge is 0.244 e. The van der Waals surface area contributed by atoms with E-state index in [9.17, 15) is 22.0 Å². The van der Waals surface area contributed by atoms with Gasteiger partial charge in [0.25, 0.3) is 0 Å². The second kappa shape index (κ2) is 8.45. The highest BCUT2D eigenvalue weighted by molar-refractivity contribution is 7.89. The maximum absolute atomic E-state index is 13.5. The molecule has 0 bridgehead atoms. The quantitative estimate of drug-likeness (QED) is 0.624. The number of nitrogens with zero attached hydrogens (tertiary/aromatic N) is 2. The predicted molar refractivity (Wildman–Crippen MR) is 115 cm³/mol. The molecule has 1 aromatic heterocycles. The third-order valence-electron chi connectivity index (χ3n) is 5.18. The number of nitrogens with one attached hydrogen (secondary N) is 1. The number of hydrogen-bond donors (Lipinski definition) is 1. The van der Waals surface area contributed by atoms with Crippen molar-refractivity contribution >= 4 is 32.4 Å². The standard InChI is InChI=1S/C21H19F2N3O3S2/c1-2-31(28,29)26-11-15-6-4-3-5-13(15)10-19(26)20(27)25-21-24-18(12-30-21)14-7-8-16(22)17(23)9-14/h3-9,12,19H,2,10-11H2,1H3,(H,24,25,27)/t19-/m1/s1. The number of carbonyl (C=O) groups excluding carboxylic acids is 1. The number of anilines is 1. The molecule has 162 valence electrons. The molecule has 1 aliphatic heterocycles. The molecule has 2 heterocycles. The summed E-state index contributed by atoms with van der Waals surface area (Å²) in [6.45, 7) is 1.67. The van der Waals surface area contributed by atoms with Gasteiger partial charge in [-0.25, -0.2) is 22.2 Å². The Balaban J connectivity index is 1.58. The van der Waals surface area contributed by atoms with Gasteiger partial charge >= 0.3 is 0 Å². The summed E-state index contributed by atoms with van der Waals surface area (Å²) in [4.78, 5) is 17.3. The monoisotopic (exact) mass is 463 g/mol. The van der Waals surface area contributed by atoms with E-state index in [4.69, 9.17) is 0 Å². The molecule has 0 fully saturated rings. The van der Waals surface area contributed by atoms with Crippen LogP contribution in [0, 0.1) is 11.6 Å². The topological polar surface area (TPSA) is 79.4 Å². The highest BCUT2D eigenvalue weighted by Crippen LogP contribution is 2.29. The molecule has 1 amide bonds. The van der Waals surface area contributed by atoms with Crippen LogP contribution in [0.5, 0.6) is 0 Å². The lowest BCUT2D eigenvalue weighted by Gasteiger charge is -2.34. The molecule has 0 radical (unpaired) electrons. The Labute approximate surface area is 182 Å². The summed E-state index contributed by atoms with van der Waals surface area (Å²) < 4.78 is 53.2. The van der Waals surface area contributed by atoms with Crippen LogP contribution in [0.2, 0.25) is 0 Å². The zero-order chi connectivity index (χ0) is 22.2. The van der Waals surface area contributed by atoms with Crippen molar-refractivity contribution in [2.45, 2.75) is 25.9 Å². The number of hydrogen-bond acceptors (Lipinski definition) is 5. The number of rotatable bonds is 5. The van der Waals surface area contributed by atoms with Crippen molar-refractivity contribution in [3.05, 3.63) is 70.6 Å². The summed E-state index contributed by atoms with van der Waals surface area (Å²) in [6.07, 6.45) is 0.253. The first-order chi connectivity index (χ1) is 14.8. The first-order valence-corrected chi connectivity index (χ1v) is 12.1. The minimum Gasteiger partial charge on any atom is -0.301 e. The van der Waals surface area contributed by atoms with Gasteiger partial charge in [0.05, 0.1) is 11.4 Å². The van der Waals surface area contributed by atoms with Gasteiger partial charge in [-0.1, -0.05) is 24.3 Å². The molecule has 1 N–H and O–H groups in total. The fourth-order valence-electron chi connectivity index (χ4n) is 3.49. The van der Waals surface area contributed by atoms with Gasteiger partial charge in [-0.15, -0.1) is 11.3 Å². The second-order valence-corrected chi connectivity index (χ2v) is 10.2. The highest BCUT2D eigenvalue weighted by Gasteiger charge is 2.38. The van der Waals surface area contributed by atoms with Crippen molar-refractivity contribution in [3.8, 4) is 11.3 Å². The molecule has 2 aromatic carbocycles. The lowest BCUT2D eigenvalue weighted by Crippen LogP contribution is -2.51. The Kier molecular flexibility index (Phi) is 5.87. The lowest BCUT2D eigenvalue weighted by molar-refractivity contribution is -0.120. The number of fused-ring (bicyclic) bond motifs is 1. The number of amides is 1. The van der Waals surface area contributed by atoms with Crippen molar-refractivity contribution in [3.63, 3.8) is 0 Å². The SMILES string of the molecule is CCS(=O)(=O)N1Cc2ccccc2C[C@@H]1C(=O)Nc1nc(-c2ccc(F)c(F)c2)cs1. The highest BCUT2D eigenvalue weighted by atomic mass is 32.2. The molecule has 31 heavy (non-hydrogen) atoms. The first-order valence-electron chi connectivity index (χ1n) is 9.56. The Morgan fingerprint density at radius 1 is 1.19 bits per heavy atom. The van der Waals surface area contributed by atoms with Gasteiger partial charge in [-0.05, 0) is 42.7 Å². The molecule has 6 nitrogen and oxygen atoms in total. The van der Waals surface area contributed by atoms with E-state index in [0.717, 1.165) is 34.6 Å². The zero-order valence-corrected chi connectivity index (χ0v) is 18.1. The van der Waals surface area contributed by atoms with E-state index in [0.29, 0.717) is 11.3 Å². The van der Waals surface area contributed by atoms with Gasteiger partial charge in [-0.2, -0.15) is 4.31 Å². The molecule has 4 rings (SSSR count). The summed E-state index contributed by atoms with van der Waals surface area (Å²) >= 11 is 1.12. The Morgan fingerprint density at radius 3 is 2.65 bits per heavy atom. The minimum atomic E-state index is -3.62. The van der Waals surface area contributed by atoms with Crippen molar-refractivity contribution in [2.24, 2.45) is 0 Å². The second-order valence-electron chi connectivity index (χ2n) is 7.09. The van der Waals surface area contributed by atoms with Crippen molar-refractivity contribution < 1.29 is 22.0 Å². The van der Waals surface area contributed by atoms with Crippen LogP contribution < -0.4 is 5.32 Å². The van der Waals surface area contributed by atoms with E-state index >= 15 is 0 Å². The molecule has 0 unspecified atom stereocenters. The number of thiazole rings is 1. The van der Waals surface area contributed by atoms with Crippen LogP contribution >= 0.6 is 11.3 Å². The lowest BCUT2D eigenvalue weighted by atomic mass is 9.95. The Bertz CT molecular complexity index is 1240. The van der Waals surface area contributed by atoms with Gasteiger partial charge in [0, 0.05) is 17.5 Å². The van der Waals surface area contributed by atoms with Crippen LogP contribution in [0.4, 0.5) is 13.9 Å². The average Bonchev–Trinajstić information content (AvgIpc) is 3.23. The normalized spacial score (nSPS) is 16.7. The van der Waals surface area contributed by atoms with E-state index in [-0.39, 0.29) is 23.8 Å². The molecule has 0 spiro atoms. The Morgan fingerprint density at radius 2 is 1.94 bits per heavy atom. The summed E-state index contributed by atoms with van der Waals surface area (Å²) in [6, 6.07) is 9.96. The van der Waals surface area contributed by atoms with Crippen molar-refractivity contribution in [1.29, 1.82) is 0 Å². The van der Waals surface area contributed by atoms with Gasteiger partial charge in [0.1, 0.15) is 6.04 Å². The number of aromatic nitrogens is 1.